The zero-order valence-corrected chi connectivity index (χ0v) is 21.0. The number of carbonyl (C=O) groups is 2. The second-order valence-corrected chi connectivity index (χ2v) is 11.9. The fourth-order valence-electron chi connectivity index (χ4n) is 7.88. The van der Waals surface area contributed by atoms with Gasteiger partial charge in [-0.05, 0) is 86.0 Å². The number of amides is 3. The molecule has 1 aromatic rings. The molecule has 0 radical (unpaired) electrons. The van der Waals surface area contributed by atoms with E-state index in [-0.39, 0.29) is 28.8 Å². The fourth-order valence-corrected chi connectivity index (χ4v) is 8.34. The summed E-state index contributed by atoms with van der Waals surface area (Å²) in [6.45, 7) is 4.74. The number of likely N-dealkylation sites (N-methyl/N-ethyl adjacent to an activating group) is 1. The van der Waals surface area contributed by atoms with E-state index in [0.29, 0.717) is 39.5 Å². The van der Waals surface area contributed by atoms with Gasteiger partial charge in [0, 0.05) is 29.6 Å². The van der Waals surface area contributed by atoms with Crippen LogP contribution in [0, 0.1) is 28.6 Å². The quantitative estimate of drug-likeness (QED) is 0.525. The molecule has 4 aliphatic rings. The molecule has 178 valence electrons. The van der Waals surface area contributed by atoms with Gasteiger partial charge in [-0.2, -0.15) is 0 Å². The van der Waals surface area contributed by atoms with Gasteiger partial charge >= 0.3 is 6.03 Å². The molecule has 2 unspecified atom stereocenters. The van der Waals surface area contributed by atoms with E-state index in [9.17, 15) is 9.59 Å². The summed E-state index contributed by atoms with van der Waals surface area (Å²) >= 11 is 12.2. The van der Waals surface area contributed by atoms with E-state index in [1.807, 2.05) is 11.9 Å². The van der Waals surface area contributed by atoms with Crippen molar-refractivity contribution < 1.29 is 9.59 Å². The summed E-state index contributed by atoms with van der Waals surface area (Å²) in [5.74, 6) is 1.95. The Hall–Kier alpha value is -1.72. The molecule has 0 saturated heterocycles. The Bertz CT molecular complexity index is 1010. The number of nitrogens with zero attached hydrogens (tertiary/aromatic N) is 1. The molecule has 7 heteroatoms. The molecular weight excluding hydrogens is 457 g/mol. The summed E-state index contributed by atoms with van der Waals surface area (Å²) in [4.78, 5) is 27.1. The Morgan fingerprint density at radius 3 is 2.64 bits per heavy atom. The lowest BCUT2D eigenvalue weighted by atomic mass is 9.48. The summed E-state index contributed by atoms with van der Waals surface area (Å²) in [7, 11) is 1.96. The van der Waals surface area contributed by atoms with Gasteiger partial charge in [0.05, 0.1) is 10.7 Å². The monoisotopic (exact) mass is 489 g/mol. The van der Waals surface area contributed by atoms with Crippen LogP contribution in [0.15, 0.2) is 30.4 Å². The van der Waals surface area contributed by atoms with Gasteiger partial charge in [-0.1, -0.05) is 43.1 Å². The molecule has 5 nitrogen and oxygen atoms in total. The number of fused-ring (bicyclic) bond motifs is 5. The highest BCUT2D eigenvalue weighted by molar-refractivity contribution is 6.36. The number of carbonyl (C=O) groups excluding carboxylic acids is 2. The highest BCUT2D eigenvalue weighted by Gasteiger charge is 2.60. The van der Waals surface area contributed by atoms with Gasteiger partial charge in [-0.15, -0.1) is 0 Å². The van der Waals surface area contributed by atoms with E-state index in [0.717, 1.165) is 38.5 Å². The largest absolute Gasteiger partial charge is 0.338 e. The van der Waals surface area contributed by atoms with Crippen molar-refractivity contribution in [1.82, 2.24) is 10.2 Å². The van der Waals surface area contributed by atoms with E-state index in [2.05, 4.69) is 30.6 Å². The number of urea groups is 1. The van der Waals surface area contributed by atoms with Crippen LogP contribution in [0.2, 0.25) is 10.0 Å². The van der Waals surface area contributed by atoms with Crippen LogP contribution in [0.25, 0.3) is 0 Å². The standard InChI is InChI=1S/C26H33Cl2N3O2/c1-25-12-10-18-16(5-9-22-26(18,2)13-11-23(32)31(22)3)17(25)6-8-21(25)30-24(33)29-20-7-4-15(27)14-19(20)28/h4,7,11,13-14,16-18,21-22H,5-6,8-10,12H2,1-3H3,(H2,29,30,33)/t16-,17-,18+,21?,22?,25-,26+/m0/s1. The van der Waals surface area contributed by atoms with E-state index in [1.165, 1.54) is 0 Å². The van der Waals surface area contributed by atoms with Crippen LogP contribution in [0.1, 0.15) is 52.4 Å². The number of rotatable bonds is 2. The SMILES string of the molecule is CN1C(=O)C=C[C@@]2(C)C1CC[C@@H]1[C@H]2CC[C@]2(C)C(NC(=O)Nc3ccc(Cl)cc3Cl)CC[C@@H]12. The van der Waals surface area contributed by atoms with Gasteiger partial charge < -0.3 is 15.5 Å². The van der Waals surface area contributed by atoms with Crippen molar-refractivity contribution in [3.05, 3.63) is 40.4 Å². The van der Waals surface area contributed by atoms with Gasteiger partial charge in [0.1, 0.15) is 0 Å². The number of nitrogens with one attached hydrogen (secondary N) is 2. The minimum absolute atomic E-state index is 0.0428. The highest BCUT2D eigenvalue weighted by Crippen LogP contribution is 2.63. The zero-order valence-electron chi connectivity index (χ0n) is 19.5. The summed E-state index contributed by atoms with van der Waals surface area (Å²) in [5, 5.41) is 7.15. The van der Waals surface area contributed by atoms with Crippen LogP contribution in [0.5, 0.6) is 0 Å². The smallest absolute Gasteiger partial charge is 0.319 e. The van der Waals surface area contributed by atoms with Crippen molar-refractivity contribution in [2.75, 3.05) is 12.4 Å². The predicted octanol–water partition coefficient (Wildman–Crippen LogP) is 6.12. The van der Waals surface area contributed by atoms with E-state index < -0.39 is 0 Å². The van der Waals surface area contributed by atoms with Crippen LogP contribution in [0.4, 0.5) is 10.5 Å². The number of hydrogen-bond donors (Lipinski definition) is 2. The maximum atomic E-state index is 12.9. The lowest BCUT2D eigenvalue weighted by molar-refractivity contribution is -0.138. The Kier molecular flexibility index (Phi) is 5.72. The third kappa shape index (κ3) is 3.67. The van der Waals surface area contributed by atoms with E-state index >= 15 is 0 Å². The van der Waals surface area contributed by atoms with Gasteiger partial charge in [0.2, 0.25) is 5.91 Å². The van der Waals surface area contributed by atoms with Crippen LogP contribution in [-0.2, 0) is 4.79 Å². The van der Waals surface area contributed by atoms with Gasteiger partial charge in [-0.3, -0.25) is 4.79 Å². The maximum absolute atomic E-state index is 12.9. The Labute approximate surface area is 206 Å². The molecule has 1 aliphatic heterocycles. The number of hydrogen-bond acceptors (Lipinski definition) is 2. The minimum Gasteiger partial charge on any atom is -0.338 e. The van der Waals surface area contributed by atoms with Crippen molar-refractivity contribution in [2.45, 2.75) is 64.5 Å². The maximum Gasteiger partial charge on any atom is 0.319 e. The average Bonchev–Trinajstić information content (AvgIpc) is 3.09. The van der Waals surface area contributed by atoms with Gasteiger partial charge in [-0.25, -0.2) is 4.79 Å². The molecule has 3 aliphatic carbocycles. The Balaban J connectivity index is 1.31. The van der Waals surface area contributed by atoms with Crippen molar-refractivity contribution in [3.63, 3.8) is 0 Å². The zero-order chi connectivity index (χ0) is 23.5. The first-order valence-electron chi connectivity index (χ1n) is 12.1. The lowest BCUT2D eigenvalue weighted by Crippen LogP contribution is -2.60. The highest BCUT2D eigenvalue weighted by atomic mass is 35.5. The van der Waals surface area contributed by atoms with Gasteiger partial charge in [0.15, 0.2) is 0 Å². The molecule has 3 saturated carbocycles. The van der Waals surface area contributed by atoms with Crippen LogP contribution < -0.4 is 10.6 Å². The molecule has 3 fully saturated rings. The van der Waals surface area contributed by atoms with Crippen LogP contribution >= 0.6 is 23.2 Å². The second-order valence-electron chi connectivity index (χ2n) is 11.0. The predicted molar refractivity (Wildman–Crippen MR) is 132 cm³/mol. The molecular formula is C26H33Cl2N3O2. The molecule has 0 spiro atoms. The summed E-state index contributed by atoms with van der Waals surface area (Å²) in [6, 6.07) is 5.32. The molecule has 1 aromatic carbocycles. The molecule has 2 N–H and O–H groups in total. The number of halogens is 2. The topological polar surface area (TPSA) is 61.4 Å². The summed E-state index contributed by atoms with van der Waals surface area (Å²) in [6.07, 6.45) is 10.6. The molecule has 5 rings (SSSR count). The third-order valence-electron chi connectivity index (χ3n) is 9.61. The summed E-state index contributed by atoms with van der Waals surface area (Å²) < 4.78 is 0. The molecule has 33 heavy (non-hydrogen) atoms. The first-order chi connectivity index (χ1) is 15.6. The molecule has 0 bridgehead atoms. The third-order valence-corrected chi connectivity index (χ3v) is 10.2. The number of anilines is 1. The van der Waals surface area contributed by atoms with Crippen molar-refractivity contribution in [3.8, 4) is 0 Å². The molecule has 0 aromatic heterocycles. The van der Waals surface area contributed by atoms with Crippen molar-refractivity contribution in [2.24, 2.45) is 28.6 Å². The van der Waals surface area contributed by atoms with Crippen LogP contribution in [0.3, 0.4) is 0 Å². The lowest BCUT2D eigenvalue weighted by Gasteiger charge is -2.60. The Morgan fingerprint density at radius 2 is 1.88 bits per heavy atom. The number of benzene rings is 1. The second kappa shape index (κ2) is 8.20. The van der Waals surface area contributed by atoms with E-state index in [1.54, 1.807) is 24.3 Å². The fraction of sp³-hybridized carbons (Fsp3) is 0.615. The normalized spacial score (nSPS) is 39.5. The van der Waals surface area contributed by atoms with Crippen molar-refractivity contribution in [1.29, 1.82) is 0 Å². The molecule has 7 atom stereocenters. The first-order valence-corrected chi connectivity index (χ1v) is 12.9. The first kappa shape index (κ1) is 23.0. The van der Waals surface area contributed by atoms with Gasteiger partial charge in [0.25, 0.3) is 0 Å². The average molecular weight is 490 g/mol. The molecule has 3 amide bonds. The minimum atomic E-state index is -0.209. The van der Waals surface area contributed by atoms with E-state index in [4.69, 9.17) is 23.2 Å². The Morgan fingerprint density at radius 1 is 1.09 bits per heavy atom. The summed E-state index contributed by atoms with van der Waals surface area (Å²) in [5.41, 5.74) is 0.697. The molecule has 1 heterocycles. The van der Waals surface area contributed by atoms with Crippen LogP contribution in [-0.4, -0.2) is 36.0 Å². The van der Waals surface area contributed by atoms with Crippen molar-refractivity contribution >= 4 is 40.8 Å².